The molecule has 5 rings (SSSR count). The Hall–Kier alpha value is -3.62. The first kappa shape index (κ1) is 26.0. The third-order valence-electron chi connectivity index (χ3n) is 6.54. The van der Waals surface area contributed by atoms with E-state index in [4.69, 9.17) is 21.4 Å². The second-order valence-corrected chi connectivity index (χ2v) is 10.9. The number of rotatable bonds is 6. The van der Waals surface area contributed by atoms with Gasteiger partial charge in [0.2, 0.25) is 5.91 Å². The van der Waals surface area contributed by atoms with Crippen LogP contribution in [0.15, 0.2) is 76.8 Å². The van der Waals surface area contributed by atoms with E-state index in [1.807, 2.05) is 80.6 Å². The number of hydrogen-bond donors (Lipinski definition) is 1. The van der Waals surface area contributed by atoms with Crippen molar-refractivity contribution in [1.29, 1.82) is 0 Å². The fraction of sp³-hybridized carbons (Fsp3) is 0.241. The summed E-state index contributed by atoms with van der Waals surface area (Å²) >= 11 is 7.41. The number of aliphatic imine (C=N–C) groups is 1. The quantitative estimate of drug-likeness (QED) is 0.401. The number of hydrogen-bond acceptors (Lipinski definition) is 6. The number of aryl methyl sites for hydroxylation is 2. The third-order valence-corrected chi connectivity index (χ3v) is 7.93. The molecule has 38 heavy (non-hydrogen) atoms. The Labute approximate surface area is 230 Å². The SMILES string of the molecule is COc1ccc(C2=NN(C3=NC(=O)[C@H](CC(=O)Nc4ccc(C)cc4C)S3)[C@H](c3ccc(Cl)cc3)C2)cc1. The average Bonchev–Trinajstić information content (AvgIpc) is 3.50. The van der Waals surface area contributed by atoms with Crippen LogP contribution in [0.25, 0.3) is 0 Å². The van der Waals surface area contributed by atoms with Gasteiger partial charge in [-0.05, 0) is 73.0 Å². The van der Waals surface area contributed by atoms with Crippen LogP contribution in [-0.4, -0.2) is 40.1 Å². The number of nitrogens with one attached hydrogen (secondary N) is 1. The molecular formula is C29H27ClN4O3S. The number of benzene rings is 3. The normalized spacial score (nSPS) is 18.8. The highest BCUT2D eigenvalue weighted by Gasteiger charge is 2.39. The summed E-state index contributed by atoms with van der Waals surface area (Å²) in [6.45, 7) is 3.95. The predicted octanol–water partition coefficient (Wildman–Crippen LogP) is 6.14. The van der Waals surface area contributed by atoms with Gasteiger partial charge in [0, 0.05) is 23.6 Å². The van der Waals surface area contributed by atoms with Crippen molar-refractivity contribution in [3.63, 3.8) is 0 Å². The summed E-state index contributed by atoms with van der Waals surface area (Å²) in [5, 5.41) is 10.1. The highest BCUT2D eigenvalue weighted by atomic mass is 35.5. The van der Waals surface area contributed by atoms with Crippen LogP contribution in [-0.2, 0) is 9.59 Å². The van der Waals surface area contributed by atoms with Crippen LogP contribution in [0.5, 0.6) is 5.75 Å². The maximum atomic E-state index is 12.9. The third kappa shape index (κ3) is 5.61. The number of anilines is 1. The molecular weight excluding hydrogens is 520 g/mol. The van der Waals surface area contributed by atoms with E-state index < -0.39 is 5.25 Å². The van der Waals surface area contributed by atoms with Crippen LogP contribution in [0.3, 0.4) is 0 Å². The Kier molecular flexibility index (Phi) is 7.53. The number of carbonyl (C=O) groups excluding carboxylic acids is 2. The van der Waals surface area contributed by atoms with Crippen molar-refractivity contribution in [1.82, 2.24) is 5.01 Å². The molecule has 0 aliphatic carbocycles. The molecule has 194 valence electrons. The van der Waals surface area contributed by atoms with Gasteiger partial charge in [-0.1, -0.05) is 53.2 Å². The Morgan fingerprint density at radius 3 is 2.53 bits per heavy atom. The van der Waals surface area contributed by atoms with E-state index in [-0.39, 0.29) is 24.3 Å². The van der Waals surface area contributed by atoms with Gasteiger partial charge < -0.3 is 10.1 Å². The van der Waals surface area contributed by atoms with Crippen molar-refractivity contribution in [2.75, 3.05) is 12.4 Å². The molecule has 0 aromatic heterocycles. The molecule has 0 saturated heterocycles. The topological polar surface area (TPSA) is 83.4 Å². The van der Waals surface area contributed by atoms with Gasteiger partial charge >= 0.3 is 0 Å². The molecule has 3 aromatic rings. The summed E-state index contributed by atoms with van der Waals surface area (Å²) in [4.78, 5) is 30.0. The van der Waals surface area contributed by atoms with Crippen LogP contribution in [0.1, 0.15) is 41.1 Å². The minimum Gasteiger partial charge on any atom is -0.497 e. The number of methoxy groups -OCH3 is 1. The van der Waals surface area contributed by atoms with Crippen LogP contribution >= 0.6 is 23.4 Å². The molecule has 3 aromatic carbocycles. The van der Waals surface area contributed by atoms with Gasteiger partial charge in [-0.15, -0.1) is 0 Å². The second kappa shape index (κ2) is 11.0. The summed E-state index contributed by atoms with van der Waals surface area (Å²) in [7, 11) is 1.63. The average molecular weight is 547 g/mol. The fourth-order valence-electron chi connectivity index (χ4n) is 4.52. The van der Waals surface area contributed by atoms with Crippen LogP contribution in [0, 0.1) is 13.8 Å². The first-order valence-corrected chi connectivity index (χ1v) is 13.5. The van der Waals surface area contributed by atoms with Crippen molar-refractivity contribution < 1.29 is 14.3 Å². The smallest absolute Gasteiger partial charge is 0.262 e. The highest BCUT2D eigenvalue weighted by Crippen LogP contribution is 2.39. The van der Waals surface area contributed by atoms with Crippen molar-refractivity contribution in [3.05, 3.63) is 94.0 Å². The Bertz CT molecular complexity index is 1440. The number of amides is 2. The molecule has 0 fully saturated rings. The molecule has 2 aliphatic rings. The van der Waals surface area contributed by atoms with Gasteiger partial charge in [-0.2, -0.15) is 10.1 Å². The van der Waals surface area contributed by atoms with Crippen molar-refractivity contribution in [3.8, 4) is 5.75 Å². The summed E-state index contributed by atoms with van der Waals surface area (Å²) < 4.78 is 5.28. The van der Waals surface area contributed by atoms with Gasteiger partial charge in [-0.3, -0.25) is 9.59 Å². The van der Waals surface area contributed by atoms with Gasteiger partial charge in [0.15, 0.2) is 5.17 Å². The minimum absolute atomic E-state index is 0.0261. The standard InChI is InChI=1S/C29H27ClN4O3S/c1-17-4-13-23(18(2)14-17)31-27(35)16-26-28(36)32-29(38-26)34-25(20-5-9-21(30)10-6-20)15-24(33-34)19-7-11-22(37-3)12-8-19/h4-14,25-26H,15-16H2,1-3H3,(H,31,35)/t25-,26-/m0/s1. The van der Waals surface area contributed by atoms with E-state index in [1.165, 1.54) is 11.8 Å². The number of hydrazone groups is 1. The number of amidine groups is 1. The van der Waals surface area contributed by atoms with Crippen molar-refractivity contribution >= 4 is 51.7 Å². The first-order chi connectivity index (χ1) is 18.3. The van der Waals surface area contributed by atoms with E-state index >= 15 is 0 Å². The van der Waals surface area contributed by atoms with Gasteiger partial charge in [0.05, 0.1) is 18.9 Å². The fourth-order valence-corrected chi connectivity index (χ4v) is 5.70. The van der Waals surface area contributed by atoms with E-state index in [0.717, 1.165) is 39.4 Å². The van der Waals surface area contributed by atoms with E-state index in [0.29, 0.717) is 16.6 Å². The maximum Gasteiger partial charge on any atom is 0.262 e. The minimum atomic E-state index is -0.609. The molecule has 0 radical (unpaired) electrons. The lowest BCUT2D eigenvalue weighted by molar-refractivity contribution is -0.121. The number of ether oxygens (including phenoxy) is 1. The number of halogens is 1. The lowest BCUT2D eigenvalue weighted by atomic mass is 9.98. The summed E-state index contributed by atoms with van der Waals surface area (Å²) in [5.74, 6) is 0.211. The number of carbonyl (C=O) groups is 2. The Balaban J connectivity index is 1.35. The molecule has 2 amide bonds. The lowest BCUT2D eigenvalue weighted by Crippen LogP contribution is -2.25. The second-order valence-electron chi connectivity index (χ2n) is 9.30. The van der Waals surface area contributed by atoms with Crippen LogP contribution < -0.4 is 10.1 Å². The van der Waals surface area contributed by atoms with Crippen molar-refractivity contribution in [2.45, 2.75) is 38.0 Å². The summed E-state index contributed by atoms with van der Waals surface area (Å²) in [6.07, 6.45) is 0.651. The molecule has 0 bridgehead atoms. The van der Waals surface area contributed by atoms with E-state index in [1.54, 1.807) is 12.1 Å². The molecule has 2 heterocycles. The largest absolute Gasteiger partial charge is 0.497 e. The first-order valence-electron chi connectivity index (χ1n) is 12.2. The molecule has 2 atom stereocenters. The summed E-state index contributed by atoms with van der Waals surface area (Å²) in [6, 6.07) is 21.0. The van der Waals surface area contributed by atoms with Crippen LogP contribution in [0.2, 0.25) is 5.02 Å². The highest BCUT2D eigenvalue weighted by molar-refractivity contribution is 8.15. The van der Waals surface area contributed by atoms with E-state index in [9.17, 15) is 9.59 Å². The lowest BCUT2D eigenvalue weighted by Gasteiger charge is -2.23. The molecule has 2 aliphatic heterocycles. The monoisotopic (exact) mass is 546 g/mol. The van der Waals surface area contributed by atoms with Crippen LogP contribution in [0.4, 0.5) is 5.69 Å². The predicted molar refractivity (Wildman–Crippen MR) is 153 cm³/mol. The number of nitrogens with zero attached hydrogens (tertiary/aromatic N) is 3. The van der Waals surface area contributed by atoms with Gasteiger partial charge in [0.1, 0.15) is 11.0 Å². The zero-order chi connectivity index (χ0) is 26.8. The maximum absolute atomic E-state index is 12.9. The molecule has 9 heteroatoms. The number of thioether (sulfide) groups is 1. The molecule has 7 nitrogen and oxygen atoms in total. The van der Waals surface area contributed by atoms with Gasteiger partial charge in [0.25, 0.3) is 5.91 Å². The molecule has 0 unspecified atom stereocenters. The molecule has 0 saturated carbocycles. The zero-order valence-electron chi connectivity index (χ0n) is 21.3. The van der Waals surface area contributed by atoms with Gasteiger partial charge in [-0.25, -0.2) is 5.01 Å². The summed E-state index contributed by atoms with van der Waals surface area (Å²) in [5.41, 5.74) is 5.69. The Morgan fingerprint density at radius 1 is 1.11 bits per heavy atom. The molecule has 0 spiro atoms. The Morgan fingerprint density at radius 2 is 1.84 bits per heavy atom. The molecule has 1 N–H and O–H groups in total. The van der Waals surface area contributed by atoms with E-state index in [2.05, 4.69) is 10.3 Å². The van der Waals surface area contributed by atoms with Crippen molar-refractivity contribution in [2.24, 2.45) is 10.1 Å². The zero-order valence-corrected chi connectivity index (χ0v) is 22.8.